The Labute approximate surface area is 126 Å². The van der Waals surface area contributed by atoms with Gasteiger partial charge >= 0.3 is 0 Å². The first-order valence-corrected chi connectivity index (χ1v) is 7.27. The lowest BCUT2D eigenvalue weighted by atomic mass is 10.1. The zero-order valence-electron chi connectivity index (χ0n) is 13.0. The summed E-state index contributed by atoms with van der Waals surface area (Å²) in [5, 5.41) is 0. The maximum atomic E-state index is 6.00. The fourth-order valence-electron chi connectivity index (χ4n) is 2.35. The van der Waals surface area contributed by atoms with E-state index in [0.29, 0.717) is 0 Å². The van der Waals surface area contributed by atoms with Crippen molar-refractivity contribution in [2.24, 2.45) is 5.73 Å². The van der Waals surface area contributed by atoms with Gasteiger partial charge in [0.15, 0.2) is 11.5 Å². The average molecular weight is 288 g/mol. The number of ether oxygens (including phenoxy) is 2. The van der Waals surface area contributed by atoms with Gasteiger partial charge in [-0.05, 0) is 42.2 Å². The van der Waals surface area contributed by atoms with Gasteiger partial charge in [-0.1, -0.05) is 13.0 Å². The molecule has 0 aliphatic carbocycles. The third-order valence-electron chi connectivity index (χ3n) is 3.65. The van der Waals surface area contributed by atoms with Crippen molar-refractivity contribution >= 4 is 0 Å². The molecule has 21 heavy (non-hydrogen) atoms. The van der Waals surface area contributed by atoms with Crippen molar-refractivity contribution in [2.75, 3.05) is 14.2 Å². The van der Waals surface area contributed by atoms with Gasteiger partial charge in [0.05, 0.1) is 14.2 Å². The zero-order valence-corrected chi connectivity index (χ0v) is 13.0. The monoisotopic (exact) mass is 288 g/mol. The van der Waals surface area contributed by atoms with E-state index < -0.39 is 0 Å². The van der Waals surface area contributed by atoms with Crippen LogP contribution in [0.4, 0.5) is 0 Å². The first-order valence-electron chi connectivity index (χ1n) is 7.27. The van der Waals surface area contributed by atoms with Crippen molar-refractivity contribution < 1.29 is 9.47 Å². The average Bonchev–Trinajstić information content (AvgIpc) is 2.93. The van der Waals surface area contributed by atoms with Gasteiger partial charge in [0.1, 0.15) is 0 Å². The van der Waals surface area contributed by atoms with E-state index in [1.54, 1.807) is 14.2 Å². The molecule has 1 unspecified atom stereocenters. The zero-order chi connectivity index (χ0) is 15.2. The second kappa shape index (κ2) is 7.18. The van der Waals surface area contributed by atoms with E-state index in [9.17, 15) is 0 Å². The molecule has 2 N–H and O–H groups in total. The highest BCUT2D eigenvalue weighted by atomic mass is 16.5. The molecule has 0 saturated carbocycles. The number of hydrogen-bond donors (Lipinski definition) is 1. The maximum Gasteiger partial charge on any atom is 0.161 e. The van der Waals surface area contributed by atoms with Gasteiger partial charge in [0.2, 0.25) is 0 Å². The number of benzene rings is 1. The highest BCUT2D eigenvalue weighted by Gasteiger charge is 2.06. The number of rotatable bonds is 7. The van der Waals surface area contributed by atoms with E-state index in [4.69, 9.17) is 15.2 Å². The Morgan fingerprint density at radius 1 is 1.10 bits per heavy atom. The van der Waals surface area contributed by atoms with Crippen LogP contribution in [0.3, 0.4) is 0 Å². The summed E-state index contributed by atoms with van der Waals surface area (Å²) in [5.74, 6) is 1.51. The number of nitrogens with zero attached hydrogens (tertiary/aromatic N) is 1. The molecule has 2 rings (SSSR count). The molecule has 0 amide bonds. The van der Waals surface area contributed by atoms with Crippen LogP contribution >= 0.6 is 0 Å². The van der Waals surface area contributed by atoms with Crippen LogP contribution in [-0.4, -0.2) is 24.8 Å². The first kappa shape index (κ1) is 15.4. The second-order valence-corrected chi connectivity index (χ2v) is 5.25. The fourth-order valence-corrected chi connectivity index (χ4v) is 2.35. The molecule has 0 aliphatic rings. The summed E-state index contributed by atoms with van der Waals surface area (Å²) in [5.41, 5.74) is 8.45. The number of aromatic nitrogens is 1. The quantitative estimate of drug-likeness (QED) is 0.852. The van der Waals surface area contributed by atoms with E-state index in [1.807, 2.05) is 12.1 Å². The van der Waals surface area contributed by atoms with Crippen molar-refractivity contribution in [1.82, 2.24) is 4.57 Å². The molecule has 0 aliphatic heterocycles. The van der Waals surface area contributed by atoms with E-state index in [-0.39, 0.29) is 6.04 Å². The second-order valence-electron chi connectivity index (χ2n) is 5.25. The number of nitrogens with two attached hydrogens (primary N) is 1. The van der Waals surface area contributed by atoms with Crippen molar-refractivity contribution in [3.63, 3.8) is 0 Å². The number of methoxy groups -OCH3 is 2. The van der Waals surface area contributed by atoms with Gasteiger partial charge in [0.25, 0.3) is 0 Å². The van der Waals surface area contributed by atoms with Crippen LogP contribution in [0.5, 0.6) is 11.5 Å². The van der Waals surface area contributed by atoms with Gasteiger partial charge in [-0.2, -0.15) is 0 Å². The van der Waals surface area contributed by atoms with Crippen LogP contribution in [0.15, 0.2) is 36.7 Å². The highest BCUT2D eigenvalue weighted by Crippen LogP contribution is 2.27. The predicted molar refractivity (Wildman–Crippen MR) is 85.1 cm³/mol. The number of hydrogen-bond acceptors (Lipinski definition) is 3. The molecule has 1 heterocycles. The maximum absolute atomic E-state index is 6.00. The van der Waals surface area contributed by atoms with E-state index >= 15 is 0 Å². The van der Waals surface area contributed by atoms with Gasteiger partial charge in [-0.25, -0.2) is 0 Å². The van der Waals surface area contributed by atoms with Gasteiger partial charge in [-0.15, -0.1) is 0 Å². The Bertz CT molecular complexity index is 578. The molecular formula is C17H24N2O2. The molecule has 4 nitrogen and oxygen atoms in total. The molecule has 0 saturated heterocycles. The van der Waals surface area contributed by atoms with Crippen LogP contribution in [0.2, 0.25) is 0 Å². The molecular weight excluding hydrogens is 264 g/mol. The van der Waals surface area contributed by atoms with Crippen LogP contribution in [-0.2, 0) is 13.0 Å². The lowest BCUT2D eigenvalue weighted by Crippen LogP contribution is -2.21. The van der Waals surface area contributed by atoms with Crippen LogP contribution in [0.1, 0.15) is 24.5 Å². The molecule has 114 valence electrons. The summed E-state index contributed by atoms with van der Waals surface area (Å²) in [6.07, 6.45) is 6.18. The molecule has 0 radical (unpaired) electrons. The minimum absolute atomic E-state index is 0.238. The van der Waals surface area contributed by atoms with Gasteiger partial charge in [-0.3, -0.25) is 0 Å². The minimum Gasteiger partial charge on any atom is -0.493 e. The highest BCUT2D eigenvalue weighted by molar-refractivity contribution is 5.43. The Kier molecular flexibility index (Phi) is 5.28. The molecule has 1 aromatic heterocycles. The SMILES string of the molecule is CCC(N)Cc1ccn(Cc2ccc(OC)c(OC)c2)c1. The Hall–Kier alpha value is -1.94. The van der Waals surface area contributed by atoms with Crippen molar-refractivity contribution in [3.8, 4) is 11.5 Å². The standard InChI is InChI=1S/C17H24N2O2/c1-4-15(18)9-14-7-8-19(12-14)11-13-5-6-16(20-2)17(10-13)21-3/h5-8,10,12,15H,4,9,11,18H2,1-3H3. The summed E-state index contributed by atoms with van der Waals surface area (Å²) in [4.78, 5) is 0. The van der Waals surface area contributed by atoms with Gasteiger partial charge < -0.3 is 19.8 Å². The lowest BCUT2D eigenvalue weighted by molar-refractivity contribution is 0.354. The molecule has 1 aromatic carbocycles. The van der Waals surface area contributed by atoms with Crippen molar-refractivity contribution in [1.29, 1.82) is 0 Å². The molecule has 1 atom stereocenters. The van der Waals surface area contributed by atoms with E-state index in [2.05, 4.69) is 36.0 Å². The summed E-state index contributed by atoms with van der Waals surface area (Å²) in [7, 11) is 3.30. The first-order chi connectivity index (χ1) is 10.2. The fraction of sp³-hybridized carbons (Fsp3) is 0.412. The normalized spacial score (nSPS) is 12.2. The molecule has 0 bridgehead atoms. The Morgan fingerprint density at radius 2 is 1.86 bits per heavy atom. The molecule has 2 aromatic rings. The minimum atomic E-state index is 0.238. The Morgan fingerprint density at radius 3 is 2.52 bits per heavy atom. The molecule has 4 heteroatoms. The summed E-state index contributed by atoms with van der Waals surface area (Å²) in [6.45, 7) is 2.92. The van der Waals surface area contributed by atoms with E-state index in [0.717, 1.165) is 30.9 Å². The molecule has 0 fully saturated rings. The molecule has 0 spiro atoms. The van der Waals surface area contributed by atoms with Crippen molar-refractivity contribution in [2.45, 2.75) is 32.4 Å². The predicted octanol–water partition coefficient (Wildman–Crippen LogP) is 2.83. The van der Waals surface area contributed by atoms with Crippen molar-refractivity contribution in [3.05, 3.63) is 47.8 Å². The summed E-state index contributed by atoms with van der Waals surface area (Å²) < 4.78 is 12.8. The van der Waals surface area contributed by atoms with E-state index in [1.165, 1.54) is 11.1 Å². The summed E-state index contributed by atoms with van der Waals surface area (Å²) >= 11 is 0. The lowest BCUT2D eigenvalue weighted by Gasteiger charge is -2.10. The summed E-state index contributed by atoms with van der Waals surface area (Å²) in [6, 6.07) is 8.37. The third-order valence-corrected chi connectivity index (χ3v) is 3.65. The third kappa shape index (κ3) is 4.02. The van der Waals surface area contributed by atoms with Crippen LogP contribution in [0.25, 0.3) is 0 Å². The largest absolute Gasteiger partial charge is 0.493 e. The topological polar surface area (TPSA) is 49.4 Å². The van der Waals surface area contributed by atoms with Crippen LogP contribution < -0.4 is 15.2 Å². The Balaban J connectivity index is 2.08. The smallest absolute Gasteiger partial charge is 0.161 e. The van der Waals surface area contributed by atoms with Gasteiger partial charge in [0, 0.05) is 25.0 Å². The van der Waals surface area contributed by atoms with Crippen LogP contribution in [0, 0.1) is 0 Å².